The van der Waals surface area contributed by atoms with Gasteiger partial charge in [0.15, 0.2) is 0 Å². The molecule has 0 N–H and O–H groups in total. The van der Waals surface area contributed by atoms with Crippen LogP contribution in [0.4, 0.5) is 0 Å². The normalized spacial score (nSPS) is 10.2. The van der Waals surface area contributed by atoms with Crippen LogP contribution in [0.25, 0.3) is 0 Å². The van der Waals surface area contributed by atoms with Crippen molar-refractivity contribution in [1.29, 1.82) is 0 Å². The molecule has 0 spiro atoms. The maximum Gasteiger partial charge on any atom is 0.227 e. The Bertz CT molecular complexity index is 375. The van der Waals surface area contributed by atoms with Crippen LogP contribution < -0.4 is 0 Å². The van der Waals surface area contributed by atoms with Crippen molar-refractivity contribution in [2.75, 3.05) is 13.1 Å². The van der Waals surface area contributed by atoms with Crippen LogP contribution in [0, 0.1) is 0 Å². The molecule has 2 nitrogen and oxygen atoms in total. The zero-order valence-electron chi connectivity index (χ0n) is 9.46. The Morgan fingerprint density at radius 3 is 2.44 bits per heavy atom. The zero-order valence-corrected chi connectivity index (χ0v) is 12.6. The van der Waals surface area contributed by atoms with Gasteiger partial charge in [0, 0.05) is 22.0 Å². The van der Waals surface area contributed by atoms with Crippen molar-refractivity contribution >= 4 is 37.8 Å². The van der Waals surface area contributed by atoms with Crippen LogP contribution in [0.2, 0.25) is 0 Å². The molecular formula is C12H15Br2NO. The van der Waals surface area contributed by atoms with Gasteiger partial charge in [-0.3, -0.25) is 4.79 Å². The number of halogens is 2. The predicted octanol–water partition coefficient (Wildman–Crippen LogP) is 3.62. The van der Waals surface area contributed by atoms with Crippen molar-refractivity contribution in [1.82, 2.24) is 4.90 Å². The molecule has 0 saturated heterocycles. The second-order valence-electron chi connectivity index (χ2n) is 3.46. The number of rotatable bonds is 4. The van der Waals surface area contributed by atoms with E-state index in [0.29, 0.717) is 6.42 Å². The van der Waals surface area contributed by atoms with Crippen molar-refractivity contribution in [3.05, 3.63) is 32.7 Å². The van der Waals surface area contributed by atoms with E-state index in [1.807, 2.05) is 36.9 Å². The number of amides is 1. The average Bonchev–Trinajstić information content (AvgIpc) is 2.26. The quantitative estimate of drug-likeness (QED) is 0.813. The minimum Gasteiger partial charge on any atom is -0.343 e. The molecular weight excluding hydrogens is 334 g/mol. The summed E-state index contributed by atoms with van der Waals surface area (Å²) in [5.74, 6) is 0.170. The number of carbonyl (C=O) groups is 1. The molecule has 0 atom stereocenters. The van der Waals surface area contributed by atoms with Crippen molar-refractivity contribution in [2.45, 2.75) is 20.3 Å². The summed E-state index contributed by atoms with van der Waals surface area (Å²) in [4.78, 5) is 13.8. The van der Waals surface area contributed by atoms with Crippen molar-refractivity contribution in [3.8, 4) is 0 Å². The molecule has 0 bridgehead atoms. The highest BCUT2D eigenvalue weighted by atomic mass is 79.9. The van der Waals surface area contributed by atoms with Crippen LogP contribution in [-0.2, 0) is 11.2 Å². The van der Waals surface area contributed by atoms with E-state index in [-0.39, 0.29) is 5.91 Å². The number of nitrogens with zero attached hydrogens (tertiary/aromatic N) is 1. The molecule has 0 aromatic heterocycles. The molecule has 0 aliphatic heterocycles. The molecule has 1 rings (SSSR count). The minimum absolute atomic E-state index is 0.170. The zero-order chi connectivity index (χ0) is 12.1. The van der Waals surface area contributed by atoms with Gasteiger partial charge in [0.1, 0.15) is 0 Å². The van der Waals surface area contributed by atoms with Crippen LogP contribution in [0.5, 0.6) is 0 Å². The van der Waals surface area contributed by atoms with Crippen LogP contribution in [-0.4, -0.2) is 23.9 Å². The average molecular weight is 349 g/mol. The molecule has 0 fully saturated rings. The van der Waals surface area contributed by atoms with Gasteiger partial charge < -0.3 is 4.90 Å². The first-order valence-corrected chi connectivity index (χ1v) is 6.89. The third-order valence-electron chi connectivity index (χ3n) is 2.49. The molecule has 1 aromatic rings. The summed E-state index contributed by atoms with van der Waals surface area (Å²) in [5.41, 5.74) is 1.02. The molecule has 0 radical (unpaired) electrons. The number of benzene rings is 1. The molecule has 0 unspecified atom stereocenters. The monoisotopic (exact) mass is 347 g/mol. The van der Waals surface area contributed by atoms with Gasteiger partial charge in [-0.25, -0.2) is 0 Å². The Labute approximate surface area is 113 Å². The van der Waals surface area contributed by atoms with Crippen LogP contribution in [0.1, 0.15) is 19.4 Å². The molecule has 16 heavy (non-hydrogen) atoms. The molecule has 0 saturated carbocycles. The van der Waals surface area contributed by atoms with Gasteiger partial charge in [0.05, 0.1) is 6.42 Å². The summed E-state index contributed by atoms with van der Waals surface area (Å²) >= 11 is 6.92. The SMILES string of the molecule is CCN(CC)C(=O)Cc1cccc(Br)c1Br. The van der Waals surface area contributed by atoms with Crippen LogP contribution in [0.15, 0.2) is 27.1 Å². The fourth-order valence-corrected chi connectivity index (χ4v) is 2.35. The highest BCUT2D eigenvalue weighted by molar-refractivity contribution is 9.13. The topological polar surface area (TPSA) is 20.3 Å². The first kappa shape index (κ1) is 13.7. The standard InChI is InChI=1S/C12H15Br2NO/c1-3-15(4-2)11(16)8-9-6-5-7-10(13)12(9)14/h5-7H,3-4,8H2,1-2H3. The number of likely N-dealkylation sites (N-methyl/N-ethyl adjacent to an activating group) is 1. The van der Waals surface area contributed by atoms with Gasteiger partial charge in [-0.1, -0.05) is 12.1 Å². The Morgan fingerprint density at radius 1 is 1.25 bits per heavy atom. The van der Waals surface area contributed by atoms with E-state index in [1.54, 1.807) is 0 Å². The fraction of sp³-hybridized carbons (Fsp3) is 0.417. The van der Waals surface area contributed by atoms with Gasteiger partial charge in [-0.05, 0) is 57.3 Å². The van der Waals surface area contributed by atoms with E-state index in [1.165, 1.54) is 0 Å². The van der Waals surface area contributed by atoms with E-state index in [9.17, 15) is 4.79 Å². The van der Waals surface area contributed by atoms with Crippen LogP contribution >= 0.6 is 31.9 Å². The highest BCUT2D eigenvalue weighted by Gasteiger charge is 2.12. The number of carbonyl (C=O) groups excluding carboxylic acids is 1. The molecule has 0 aliphatic rings. The molecule has 0 aliphatic carbocycles. The second-order valence-corrected chi connectivity index (χ2v) is 5.10. The first-order chi connectivity index (χ1) is 7.60. The molecule has 1 amide bonds. The summed E-state index contributed by atoms with van der Waals surface area (Å²) in [6.45, 7) is 5.52. The maximum atomic E-state index is 11.9. The van der Waals surface area contributed by atoms with E-state index < -0.39 is 0 Å². The lowest BCUT2D eigenvalue weighted by Crippen LogP contribution is -2.31. The predicted molar refractivity (Wildman–Crippen MR) is 73.5 cm³/mol. The van der Waals surface area contributed by atoms with E-state index in [2.05, 4.69) is 31.9 Å². The van der Waals surface area contributed by atoms with Gasteiger partial charge in [-0.15, -0.1) is 0 Å². The number of hydrogen-bond acceptors (Lipinski definition) is 1. The lowest BCUT2D eigenvalue weighted by Gasteiger charge is -2.19. The molecule has 88 valence electrons. The summed E-state index contributed by atoms with van der Waals surface area (Å²) in [6.07, 6.45) is 0.446. The van der Waals surface area contributed by atoms with E-state index in [0.717, 1.165) is 27.6 Å². The fourth-order valence-electron chi connectivity index (χ4n) is 1.54. The second kappa shape index (κ2) is 6.40. The van der Waals surface area contributed by atoms with E-state index in [4.69, 9.17) is 0 Å². The Morgan fingerprint density at radius 2 is 1.88 bits per heavy atom. The summed E-state index contributed by atoms with van der Waals surface area (Å²) < 4.78 is 1.95. The van der Waals surface area contributed by atoms with Gasteiger partial charge in [-0.2, -0.15) is 0 Å². The van der Waals surface area contributed by atoms with Crippen molar-refractivity contribution in [2.24, 2.45) is 0 Å². The van der Waals surface area contributed by atoms with Crippen molar-refractivity contribution in [3.63, 3.8) is 0 Å². The van der Waals surface area contributed by atoms with E-state index >= 15 is 0 Å². The Balaban J connectivity index is 2.80. The molecule has 4 heteroatoms. The third-order valence-corrected chi connectivity index (χ3v) is 4.62. The van der Waals surface area contributed by atoms with Crippen molar-refractivity contribution < 1.29 is 4.79 Å². The molecule has 0 heterocycles. The lowest BCUT2D eigenvalue weighted by molar-refractivity contribution is -0.130. The summed E-state index contributed by atoms with van der Waals surface area (Å²) in [7, 11) is 0. The smallest absolute Gasteiger partial charge is 0.227 e. The summed E-state index contributed by atoms with van der Waals surface area (Å²) in [5, 5.41) is 0. The largest absolute Gasteiger partial charge is 0.343 e. The summed E-state index contributed by atoms with van der Waals surface area (Å²) in [6, 6.07) is 5.87. The maximum absolute atomic E-state index is 11.9. The molecule has 1 aromatic carbocycles. The van der Waals surface area contributed by atoms with Crippen LogP contribution in [0.3, 0.4) is 0 Å². The Kier molecular flexibility index (Phi) is 5.49. The van der Waals surface area contributed by atoms with Gasteiger partial charge in [0.2, 0.25) is 5.91 Å². The highest BCUT2D eigenvalue weighted by Crippen LogP contribution is 2.27. The number of hydrogen-bond donors (Lipinski definition) is 0. The lowest BCUT2D eigenvalue weighted by atomic mass is 10.1. The van der Waals surface area contributed by atoms with Gasteiger partial charge >= 0.3 is 0 Å². The third kappa shape index (κ3) is 3.32. The minimum atomic E-state index is 0.170. The van der Waals surface area contributed by atoms with Gasteiger partial charge in [0.25, 0.3) is 0 Å². The first-order valence-electron chi connectivity index (χ1n) is 5.30. The Hall–Kier alpha value is -0.350.